The SMILES string of the molecule is CC(C)(C)c1cc(NC(=O)CCSCc2nc3sc4c(c3c(=O)[nH]2)CCC4)n(C(C)(C)C)n1. The molecule has 9 heteroatoms. The topological polar surface area (TPSA) is 92.7 Å². The number of nitrogens with zero attached hydrogens (tertiary/aromatic N) is 3. The van der Waals surface area contributed by atoms with Gasteiger partial charge in [0, 0.05) is 28.5 Å². The summed E-state index contributed by atoms with van der Waals surface area (Å²) in [5.41, 5.74) is 1.78. The fraction of sp³-hybridized carbons (Fsp3) is 0.583. The summed E-state index contributed by atoms with van der Waals surface area (Å²) in [5, 5.41) is 8.57. The molecule has 3 aromatic heterocycles. The average molecular weight is 488 g/mol. The van der Waals surface area contributed by atoms with E-state index < -0.39 is 0 Å². The van der Waals surface area contributed by atoms with Gasteiger partial charge in [-0.3, -0.25) is 9.59 Å². The number of fused-ring (bicyclic) bond motifs is 3. The van der Waals surface area contributed by atoms with Gasteiger partial charge in [0.25, 0.3) is 5.56 Å². The molecule has 0 bridgehead atoms. The van der Waals surface area contributed by atoms with Gasteiger partial charge in [-0.15, -0.1) is 11.3 Å². The van der Waals surface area contributed by atoms with Crippen molar-refractivity contribution < 1.29 is 4.79 Å². The lowest BCUT2D eigenvalue weighted by Crippen LogP contribution is -2.27. The first-order chi connectivity index (χ1) is 15.4. The molecule has 0 saturated heterocycles. The van der Waals surface area contributed by atoms with Crippen LogP contribution in [0, 0.1) is 0 Å². The van der Waals surface area contributed by atoms with Crippen LogP contribution < -0.4 is 10.9 Å². The Morgan fingerprint density at radius 3 is 2.70 bits per heavy atom. The summed E-state index contributed by atoms with van der Waals surface area (Å²) in [6.45, 7) is 12.6. The number of aryl methyl sites for hydroxylation is 2. The van der Waals surface area contributed by atoms with E-state index in [9.17, 15) is 9.59 Å². The molecule has 0 atom stereocenters. The number of hydrogen-bond acceptors (Lipinski definition) is 6. The van der Waals surface area contributed by atoms with Gasteiger partial charge in [0.05, 0.1) is 22.4 Å². The molecule has 0 saturated carbocycles. The number of H-pyrrole nitrogens is 1. The molecule has 3 heterocycles. The highest BCUT2D eigenvalue weighted by Crippen LogP contribution is 2.34. The van der Waals surface area contributed by atoms with Crippen molar-refractivity contribution >= 4 is 45.0 Å². The molecule has 4 rings (SSSR count). The predicted octanol–water partition coefficient (Wildman–Crippen LogP) is 4.98. The van der Waals surface area contributed by atoms with Crippen LogP contribution in [0.25, 0.3) is 10.2 Å². The second-order valence-corrected chi connectivity index (χ2v) is 12.8. The lowest BCUT2D eigenvalue weighted by atomic mass is 9.92. The number of aromatic nitrogens is 4. The van der Waals surface area contributed by atoms with Gasteiger partial charge in [-0.2, -0.15) is 16.9 Å². The Morgan fingerprint density at radius 2 is 2.00 bits per heavy atom. The Morgan fingerprint density at radius 1 is 1.24 bits per heavy atom. The lowest BCUT2D eigenvalue weighted by molar-refractivity contribution is -0.115. The van der Waals surface area contributed by atoms with Crippen LogP contribution in [-0.2, 0) is 34.3 Å². The quantitative estimate of drug-likeness (QED) is 0.478. The van der Waals surface area contributed by atoms with Crippen LogP contribution in [0.4, 0.5) is 5.82 Å². The van der Waals surface area contributed by atoms with E-state index in [-0.39, 0.29) is 22.4 Å². The van der Waals surface area contributed by atoms with Crippen molar-refractivity contribution in [3.8, 4) is 0 Å². The zero-order valence-electron chi connectivity index (χ0n) is 20.3. The van der Waals surface area contributed by atoms with Gasteiger partial charge in [0.2, 0.25) is 5.91 Å². The number of carbonyl (C=O) groups excluding carboxylic acids is 1. The lowest BCUT2D eigenvalue weighted by Gasteiger charge is -2.23. The largest absolute Gasteiger partial charge is 0.311 e. The highest BCUT2D eigenvalue weighted by atomic mass is 32.2. The Kier molecular flexibility index (Phi) is 6.48. The van der Waals surface area contributed by atoms with Crippen molar-refractivity contribution in [2.75, 3.05) is 11.1 Å². The second-order valence-electron chi connectivity index (χ2n) is 10.6. The highest BCUT2D eigenvalue weighted by Gasteiger charge is 2.26. The number of hydrogen-bond donors (Lipinski definition) is 2. The van der Waals surface area contributed by atoms with E-state index in [0.29, 0.717) is 23.8 Å². The molecular weight excluding hydrogens is 454 g/mol. The van der Waals surface area contributed by atoms with Gasteiger partial charge >= 0.3 is 0 Å². The van der Waals surface area contributed by atoms with Crippen LogP contribution in [-0.4, -0.2) is 31.4 Å². The Bertz CT molecular complexity index is 1240. The minimum atomic E-state index is -0.237. The molecule has 1 aliphatic rings. The number of nitrogens with one attached hydrogen (secondary N) is 2. The summed E-state index contributed by atoms with van der Waals surface area (Å²) < 4.78 is 1.89. The predicted molar refractivity (Wildman–Crippen MR) is 138 cm³/mol. The zero-order valence-corrected chi connectivity index (χ0v) is 21.9. The van der Waals surface area contributed by atoms with E-state index >= 15 is 0 Å². The Hall–Kier alpha value is -2.13. The van der Waals surface area contributed by atoms with Gasteiger partial charge in [0.1, 0.15) is 16.5 Å². The van der Waals surface area contributed by atoms with Crippen molar-refractivity contribution in [3.63, 3.8) is 0 Å². The summed E-state index contributed by atoms with van der Waals surface area (Å²) in [6, 6.07) is 1.97. The maximum absolute atomic E-state index is 12.6. The zero-order chi connectivity index (χ0) is 24.0. The summed E-state index contributed by atoms with van der Waals surface area (Å²) >= 11 is 3.26. The van der Waals surface area contributed by atoms with Crippen LogP contribution in [0.1, 0.15) is 76.3 Å². The number of carbonyl (C=O) groups is 1. The third kappa shape index (κ3) is 5.19. The van der Waals surface area contributed by atoms with Gasteiger partial charge in [0.15, 0.2) is 0 Å². The molecule has 33 heavy (non-hydrogen) atoms. The summed E-state index contributed by atoms with van der Waals surface area (Å²) in [6.07, 6.45) is 3.55. The van der Waals surface area contributed by atoms with E-state index in [0.717, 1.165) is 41.0 Å². The molecule has 0 spiro atoms. The number of thiophene rings is 1. The number of anilines is 1. The van der Waals surface area contributed by atoms with E-state index in [1.54, 1.807) is 23.1 Å². The number of amides is 1. The molecule has 7 nitrogen and oxygen atoms in total. The molecular formula is C24H33N5O2S2. The molecule has 1 amide bonds. The first-order valence-corrected chi connectivity index (χ1v) is 13.4. The first-order valence-electron chi connectivity index (χ1n) is 11.5. The van der Waals surface area contributed by atoms with Crippen molar-refractivity contribution in [1.82, 2.24) is 19.7 Å². The number of rotatable bonds is 6. The van der Waals surface area contributed by atoms with Crippen molar-refractivity contribution in [2.24, 2.45) is 0 Å². The number of aromatic amines is 1. The van der Waals surface area contributed by atoms with Gasteiger partial charge in [-0.25, -0.2) is 9.67 Å². The van der Waals surface area contributed by atoms with Crippen molar-refractivity contribution in [2.45, 2.75) is 83.9 Å². The van der Waals surface area contributed by atoms with Crippen LogP contribution in [0.5, 0.6) is 0 Å². The average Bonchev–Trinajstić information content (AvgIpc) is 3.38. The van der Waals surface area contributed by atoms with Crippen molar-refractivity contribution in [1.29, 1.82) is 0 Å². The minimum Gasteiger partial charge on any atom is -0.311 e. The Balaban J connectivity index is 1.35. The highest BCUT2D eigenvalue weighted by molar-refractivity contribution is 7.98. The fourth-order valence-electron chi connectivity index (χ4n) is 4.00. The molecule has 3 aromatic rings. The third-order valence-electron chi connectivity index (χ3n) is 5.72. The normalized spacial score (nSPS) is 14.1. The van der Waals surface area contributed by atoms with E-state index in [1.807, 2.05) is 10.7 Å². The van der Waals surface area contributed by atoms with E-state index in [1.165, 1.54) is 10.4 Å². The number of thioether (sulfide) groups is 1. The molecule has 0 aliphatic heterocycles. The van der Waals surface area contributed by atoms with E-state index in [2.05, 4.69) is 56.8 Å². The van der Waals surface area contributed by atoms with Crippen LogP contribution in [0.2, 0.25) is 0 Å². The molecule has 0 unspecified atom stereocenters. The molecule has 0 aromatic carbocycles. The molecule has 0 fully saturated rings. The van der Waals surface area contributed by atoms with Gasteiger partial charge < -0.3 is 10.3 Å². The van der Waals surface area contributed by atoms with Crippen LogP contribution in [0.3, 0.4) is 0 Å². The molecule has 0 radical (unpaired) electrons. The van der Waals surface area contributed by atoms with Crippen LogP contribution >= 0.6 is 23.1 Å². The molecule has 2 N–H and O–H groups in total. The molecule has 178 valence electrons. The van der Waals surface area contributed by atoms with E-state index in [4.69, 9.17) is 5.10 Å². The smallest absolute Gasteiger partial charge is 0.259 e. The minimum absolute atomic E-state index is 0.0298. The standard InChI is InChI=1S/C24H33N5O2S2/c1-23(2,3)16-12-18(29(28-16)24(4,5)6)27-19(30)10-11-32-13-17-25-21(31)20-14-8-7-9-15(14)33-22(20)26-17/h12H,7-11,13H2,1-6H3,(H,27,30)(H,25,26,31). The maximum Gasteiger partial charge on any atom is 0.259 e. The van der Waals surface area contributed by atoms with Gasteiger partial charge in [-0.05, 0) is 45.6 Å². The Labute approximate surface area is 202 Å². The maximum atomic E-state index is 12.6. The molecule has 1 aliphatic carbocycles. The third-order valence-corrected chi connectivity index (χ3v) is 7.87. The summed E-state index contributed by atoms with van der Waals surface area (Å²) in [7, 11) is 0. The summed E-state index contributed by atoms with van der Waals surface area (Å²) in [5.74, 6) is 2.59. The fourth-order valence-corrected chi connectivity index (χ4v) is 6.09. The summed E-state index contributed by atoms with van der Waals surface area (Å²) in [4.78, 5) is 35.0. The van der Waals surface area contributed by atoms with Crippen molar-refractivity contribution in [3.05, 3.63) is 38.4 Å². The second kappa shape index (κ2) is 8.91. The van der Waals surface area contributed by atoms with Gasteiger partial charge in [-0.1, -0.05) is 20.8 Å². The first kappa shape index (κ1) is 24.0. The van der Waals surface area contributed by atoms with Crippen LogP contribution in [0.15, 0.2) is 10.9 Å². The monoisotopic (exact) mass is 487 g/mol.